The van der Waals surface area contributed by atoms with E-state index in [4.69, 9.17) is 9.26 Å². The molecule has 0 spiro atoms. The SMILES string of the molecule is CC(C)(C)c1cc(CCNC(=O)Nc2ccc3c(c2)OCC3(C)C)no1. The van der Waals surface area contributed by atoms with Crippen molar-refractivity contribution in [2.75, 3.05) is 18.5 Å². The summed E-state index contributed by atoms with van der Waals surface area (Å²) in [5.41, 5.74) is 2.67. The standard InChI is InChI=1S/C20H27N3O3/c1-19(2,3)17-11-14(23-26-17)8-9-21-18(24)22-13-6-7-15-16(10-13)25-12-20(15,4)5/h6-7,10-11H,8-9,12H2,1-5H3,(H2,21,22,24). The van der Waals surface area contributed by atoms with Crippen molar-refractivity contribution in [2.45, 2.75) is 51.9 Å². The van der Waals surface area contributed by atoms with Gasteiger partial charge in [0.15, 0.2) is 0 Å². The average molecular weight is 357 g/mol. The van der Waals surface area contributed by atoms with E-state index in [1.165, 1.54) is 5.56 Å². The Labute approximate surface area is 154 Å². The summed E-state index contributed by atoms with van der Waals surface area (Å²) in [6.07, 6.45) is 0.620. The topological polar surface area (TPSA) is 76.4 Å². The molecule has 0 saturated heterocycles. The van der Waals surface area contributed by atoms with E-state index in [0.29, 0.717) is 19.6 Å². The molecular formula is C20H27N3O3. The predicted molar refractivity (Wildman–Crippen MR) is 101 cm³/mol. The first-order chi connectivity index (χ1) is 12.1. The van der Waals surface area contributed by atoms with Gasteiger partial charge >= 0.3 is 6.03 Å². The number of rotatable bonds is 4. The molecule has 0 fully saturated rings. The second-order valence-corrected chi connectivity index (χ2v) is 8.45. The number of aromatic nitrogens is 1. The molecule has 26 heavy (non-hydrogen) atoms. The van der Waals surface area contributed by atoms with Gasteiger partial charge in [-0.1, -0.05) is 45.8 Å². The number of ether oxygens (including phenoxy) is 1. The van der Waals surface area contributed by atoms with E-state index in [9.17, 15) is 4.79 Å². The summed E-state index contributed by atoms with van der Waals surface area (Å²) in [6.45, 7) is 11.7. The van der Waals surface area contributed by atoms with E-state index in [0.717, 1.165) is 22.9 Å². The van der Waals surface area contributed by atoms with Gasteiger partial charge in [0.05, 0.1) is 12.3 Å². The number of benzene rings is 1. The molecule has 140 valence electrons. The molecule has 2 aromatic rings. The maximum Gasteiger partial charge on any atom is 0.319 e. The van der Waals surface area contributed by atoms with Crippen LogP contribution in [0.15, 0.2) is 28.8 Å². The van der Waals surface area contributed by atoms with E-state index in [1.54, 1.807) is 0 Å². The summed E-state index contributed by atoms with van der Waals surface area (Å²) in [7, 11) is 0. The van der Waals surface area contributed by atoms with E-state index in [-0.39, 0.29) is 16.9 Å². The number of fused-ring (bicyclic) bond motifs is 1. The molecule has 0 bridgehead atoms. The lowest BCUT2D eigenvalue weighted by Gasteiger charge is -2.15. The first-order valence-corrected chi connectivity index (χ1v) is 8.93. The summed E-state index contributed by atoms with van der Waals surface area (Å²) < 4.78 is 11.1. The van der Waals surface area contributed by atoms with Gasteiger partial charge in [0.25, 0.3) is 0 Å². The monoisotopic (exact) mass is 357 g/mol. The minimum absolute atomic E-state index is 0.0135. The van der Waals surface area contributed by atoms with Crippen LogP contribution in [0.25, 0.3) is 0 Å². The number of urea groups is 1. The molecule has 0 aliphatic carbocycles. The Morgan fingerprint density at radius 2 is 2.04 bits per heavy atom. The fourth-order valence-electron chi connectivity index (χ4n) is 2.88. The number of amides is 2. The highest BCUT2D eigenvalue weighted by atomic mass is 16.5. The molecular weight excluding hydrogens is 330 g/mol. The van der Waals surface area contributed by atoms with Gasteiger partial charge in [0, 0.05) is 47.2 Å². The third-order valence-corrected chi connectivity index (χ3v) is 4.52. The summed E-state index contributed by atoms with van der Waals surface area (Å²) in [6, 6.07) is 7.49. The smallest absolute Gasteiger partial charge is 0.319 e. The number of carbonyl (C=O) groups excluding carboxylic acids is 1. The van der Waals surface area contributed by atoms with Crippen LogP contribution in [0.4, 0.5) is 10.5 Å². The zero-order valence-corrected chi connectivity index (χ0v) is 16.1. The van der Waals surface area contributed by atoms with Crippen molar-refractivity contribution in [1.29, 1.82) is 0 Å². The molecule has 3 rings (SSSR count). The van der Waals surface area contributed by atoms with E-state index >= 15 is 0 Å². The lowest BCUT2D eigenvalue weighted by molar-refractivity contribution is 0.252. The van der Waals surface area contributed by atoms with Crippen LogP contribution in [0, 0.1) is 0 Å². The molecule has 0 radical (unpaired) electrons. The van der Waals surface area contributed by atoms with E-state index in [1.807, 2.05) is 24.3 Å². The molecule has 6 nitrogen and oxygen atoms in total. The van der Waals surface area contributed by atoms with Crippen LogP contribution in [0.1, 0.15) is 51.6 Å². The first kappa shape index (κ1) is 18.3. The Hall–Kier alpha value is -2.50. The summed E-state index contributed by atoms with van der Waals surface area (Å²) in [4.78, 5) is 12.1. The van der Waals surface area contributed by atoms with Gasteiger partial charge < -0.3 is 19.9 Å². The molecule has 0 saturated carbocycles. The van der Waals surface area contributed by atoms with Crippen molar-refractivity contribution in [3.63, 3.8) is 0 Å². The van der Waals surface area contributed by atoms with Crippen molar-refractivity contribution < 1.29 is 14.1 Å². The molecule has 6 heteroatoms. The number of nitrogens with zero attached hydrogens (tertiary/aromatic N) is 1. The molecule has 1 aromatic heterocycles. The molecule has 2 heterocycles. The van der Waals surface area contributed by atoms with Gasteiger partial charge in [-0.25, -0.2) is 4.79 Å². The van der Waals surface area contributed by atoms with Crippen LogP contribution in [0.2, 0.25) is 0 Å². The van der Waals surface area contributed by atoms with E-state index < -0.39 is 0 Å². The molecule has 0 atom stereocenters. The van der Waals surface area contributed by atoms with Crippen LogP contribution in [-0.2, 0) is 17.3 Å². The second kappa shape index (κ2) is 6.67. The first-order valence-electron chi connectivity index (χ1n) is 8.93. The zero-order chi connectivity index (χ0) is 18.9. The number of nitrogens with one attached hydrogen (secondary N) is 2. The van der Waals surface area contributed by atoms with Crippen LogP contribution in [0.3, 0.4) is 0 Å². The normalized spacial score (nSPS) is 15.3. The fraction of sp³-hybridized carbons (Fsp3) is 0.500. The Bertz CT molecular complexity index is 803. The minimum atomic E-state index is -0.248. The minimum Gasteiger partial charge on any atom is -0.492 e. The van der Waals surface area contributed by atoms with Gasteiger partial charge in [-0.05, 0) is 6.07 Å². The molecule has 1 aromatic carbocycles. The highest BCUT2D eigenvalue weighted by Gasteiger charge is 2.31. The molecule has 1 aliphatic rings. The maximum atomic E-state index is 12.1. The van der Waals surface area contributed by atoms with Crippen LogP contribution in [-0.4, -0.2) is 24.3 Å². The van der Waals surface area contributed by atoms with Gasteiger partial charge in [-0.2, -0.15) is 0 Å². The van der Waals surface area contributed by atoms with Crippen molar-refractivity contribution in [3.05, 3.63) is 41.3 Å². The Morgan fingerprint density at radius 1 is 1.27 bits per heavy atom. The van der Waals surface area contributed by atoms with Gasteiger partial charge in [-0.15, -0.1) is 0 Å². The van der Waals surface area contributed by atoms with Crippen LogP contribution in [0.5, 0.6) is 5.75 Å². The fourth-order valence-corrected chi connectivity index (χ4v) is 2.88. The second-order valence-electron chi connectivity index (χ2n) is 8.45. The summed E-state index contributed by atoms with van der Waals surface area (Å²) >= 11 is 0. The number of anilines is 1. The molecule has 0 unspecified atom stereocenters. The summed E-state index contributed by atoms with van der Waals surface area (Å²) in [5, 5.41) is 9.73. The lowest BCUT2D eigenvalue weighted by Crippen LogP contribution is -2.30. The van der Waals surface area contributed by atoms with Crippen molar-refractivity contribution in [3.8, 4) is 5.75 Å². The van der Waals surface area contributed by atoms with Crippen molar-refractivity contribution in [2.24, 2.45) is 0 Å². The van der Waals surface area contributed by atoms with Gasteiger partial charge in [0.1, 0.15) is 11.5 Å². The van der Waals surface area contributed by atoms with Crippen LogP contribution >= 0.6 is 0 Å². The maximum absolute atomic E-state index is 12.1. The third kappa shape index (κ3) is 4.00. The zero-order valence-electron chi connectivity index (χ0n) is 16.1. The van der Waals surface area contributed by atoms with Gasteiger partial charge in [-0.3, -0.25) is 0 Å². The molecule has 2 amide bonds. The number of hydrogen-bond donors (Lipinski definition) is 2. The molecule has 1 aliphatic heterocycles. The quantitative estimate of drug-likeness (QED) is 0.867. The van der Waals surface area contributed by atoms with Gasteiger partial charge in [0.2, 0.25) is 0 Å². The Kier molecular flexibility index (Phi) is 4.69. The summed E-state index contributed by atoms with van der Waals surface area (Å²) in [5.74, 6) is 1.68. The highest BCUT2D eigenvalue weighted by Crippen LogP contribution is 2.39. The van der Waals surface area contributed by atoms with Crippen molar-refractivity contribution in [1.82, 2.24) is 10.5 Å². The average Bonchev–Trinajstić information content (AvgIpc) is 3.12. The van der Waals surface area contributed by atoms with E-state index in [2.05, 4.69) is 50.4 Å². The number of hydrogen-bond acceptors (Lipinski definition) is 4. The highest BCUT2D eigenvalue weighted by molar-refractivity contribution is 5.89. The predicted octanol–water partition coefficient (Wildman–Crippen LogP) is 4.01. The molecule has 2 N–H and O–H groups in total. The lowest BCUT2D eigenvalue weighted by atomic mass is 9.87. The van der Waals surface area contributed by atoms with Crippen molar-refractivity contribution >= 4 is 11.7 Å². The largest absolute Gasteiger partial charge is 0.492 e. The third-order valence-electron chi connectivity index (χ3n) is 4.52. The Balaban J connectivity index is 1.50. The Morgan fingerprint density at radius 3 is 2.73 bits per heavy atom. The van der Waals surface area contributed by atoms with Crippen LogP contribution < -0.4 is 15.4 Å². The number of carbonyl (C=O) groups is 1.